The summed E-state index contributed by atoms with van der Waals surface area (Å²) in [6.07, 6.45) is 2.89. The number of nitrogens with zero attached hydrogens (tertiary/aromatic N) is 4. The molecular formula is C23H28N4O3S. The first-order valence-electron chi connectivity index (χ1n) is 10.6. The van der Waals surface area contributed by atoms with Gasteiger partial charge in [-0.2, -0.15) is 4.37 Å². The minimum Gasteiger partial charge on any atom is -0.467 e. The molecule has 3 aromatic rings. The Balaban J connectivity index is 1.43. The number of carbonyl (C=O) groups is 1. The molecule has 1 aromatic carbocycles. The fourth-order valence-corrected chi connectivity index (χ4v) is 4.54. The maximum atomic E-state index is 12.9. The molecular weight excluding hydrogens is 412 g/mol. The van der Waals surface area contributed by atoms with Crippen molar-refractivity contribution >= 4 is 22.6 Å². The van der Waals surface area contributed by atoms with Crippen molar-refractivity contribution in [3.05, 3.63) is 65.9 Å². The number of ether oxygens (including phenoxy) is 1. The van der Waals surface area contributed by atoms with Crippen molar-refractivity contribution in [3.8, 4) is 0 Å². The van der Waals surface area contributed by atoms with Gasteiger partial charge in [0.15, 0.2) is 0 Å². The van der Waals surface area contributed by atoms with E-state index in [9.17, 15) is 4.79 Å². The quantitative estimate of drug-likeness (QED) is 0.531. The van der Waals surface area contributed by atoms with Crippen LogP contribution in [0.5, 0.6) is 0 Å². The van der Waals surface area contributed by atoms with Gasteiger partial charge in [0.05, 0.1) is 25.0 Å². The van der Waals surface area contributed by atoms with Crippen LogP contribution in [0.2, 0.25) is 0 Å². The molecule has 8 heteroatoms. The van der Waals surface area contributed by atoms with Crippen molar-refractivity contribution in [2.75, 3.05) is 24.5 Å². The third-order valence-corrected chi connectivity index (χ3v) is 6.04. The number of furan rings is 1. The van der Waals surface area contributed by atoms with Crippen molar-refractivity contribution in [3.63, 3.8) is 0 Å². The third kappa shape index (κ3) is 5.92. The molecule has 0 aliphatic carbocycles. The molecule has 2 aromatic heterocycles. The number of anilines is 1. The lowest BCUT2D eigenvalue weighted by molar-refractivity contribution is -0.143. The summed E-state index contributed by atoms with van der Waals surface area (Å²) in [6, 6.07) is 14.0. The molecule has 1 aliphatic rings. The van der Waals surface area contributed by atoms with Crippen LogP contribution >= 0.6 is 11.5 Å². The van der Waals surface area contributed by atoms with E-state index in [0.29, 0.717) is 39.0 Å². The van der Waals surface area contributed by atoms with Crippen LogP contribution in [-0.4, -0.2) is 52.0 Å². The van der Waals surface area contributed by atoms with Crippen LogP contribution in [0.15, 0.2) is 53.1 Å². The van der Waals surface area contributed by atoms with E-state index < -0.39 is 0 Å². The SMILES string of the molecule is CC1CN(C(=O)CCN(Cc2ccco2)c2nc(Cc3ccccc3)ns2)CC(C)O1. The molecule has 4 rings (SSSR count). The lowest BCUT2D eigenvalue weighted by Gasteiger charge is -2.35. The molecule has 2 atom stereocenters. The Labute approximate surface area is 186 Å². The summed E-state index contributed by atoms with van der Waals surface area (Å²) in [6.45, 7) is 6.40. The summed E-state index contributed by atoms with van der Waals surface area (Å²) >= 11 is 1.37. The lowest BCUT2D eigenvalue weighted by atomic mass is 10.1. The monoisotopic (exact) mass is 440 g/mol. The van der Waals surface area contributed by atoms with Gasteiger partial charge in [0, 0.05) is 44.0 Å². The van der Waals surface area contributed by atoms with Crippen LogP contribution in [0.1, 0.15) is 37.4 Å². The summed E-state index contributed by atoms with van der Waals surface area (Å²) in [7, 11) is 0. The van der Waals surface area contributed by atoms with E-state index in [1.54, 1.807) is 6.26 Å². The van der Waals surface area contributed by atoms with Gasteiger partial charge < -0.3 is 19.0 Å². The van der Waals surface area contributed by atoms with E-state index in [0.717, 1.165) is 16.7 Å². The summed E-state index contributed by atoms with van der Waals surface area (Å²) in [5.74, 6) is 1.76. The molecule has 1 saturated heterocycles. The average molecular weight is 441 g/mol. The van der Waals surface area contributed by atoms with Crippen molar-refractivity contribution in [2.24, 2.45) is 0 Å². The van der Waals surface area contributed by atoms with E-state index in [1.807, 2.05) is 49.1 Å². The second-order valence-corrected chi connectivity index (χ2v) is 8.69. The normalized spacial score (nSPS) is 18.8. The first kappa shape index (κ1) is 21.5. The largest absolute Gasteiger partial charge is 0.467 e. The van der Waals surface area contributed by atoms with Crippen molar-refractivity contribution in [1.29, 1.82) is 0 Å². The maximum absolute atomic E-state index is 12.9. The van der Waals surface area contributed by atoms with Crippen LogP contribution in [-0.2, 0) is 22.5 Å². The van der Waals surface area contributed by atoms with Gasteiger partial charge in [-0.25, -0.2) is 4.98 Å². The molecule has 0 spiro atoms. The Hall–Kier alpha value is -2.71. The Kier molecular flexibility index (Phi) is 6.99. The number of aromatic nitrogens is 2. The number of hydrogen-bond donors (Lipinski definition) is 0. The van der Waals surface area contributed by atoms with Gasteiger partial charge in [0.2, 0.25) is 11.0 Å². The third-order valence-electron chi connectivity index (χ3n) is 5.23. The zero-order valence-electron chi connectivity index (χ0n) is 17.9. The number of carbonyl (C=O) groups excluding carboxylic acids is 1. The van der Waals surface area contributed by atoms with Crippen molar-refractivity contribution < 1.29 is 13.9 Å². The topological polar surface area (TPSA) is 71.7 Å². The van der Waals surface area contributed by atoms with Crippen molar-refractivity contribution in [1.82, 2.24) is 14.3 Å². The number of benzene rings is 1. The van der Waals surface area contributed by atoms with E-state index >= 15 is 0 Å². The fourth-order valence-electron chi connectivity index (χ4n) is 3.83. The Morgan fingerprint density at radius 1 is 1.16 bits per heavy atom. The van der Waals surface area contributed by atoms with Gasteiger partial charge in [0.25, 0.3) is 0 Å². The second-order valence-electron chi connectivity index (χ2n) is 7.96. The predicted octanol–water partition coefficient (Wildman–Crippen LogP) is 3.75. The van der Waals surface area contributed by atoms with Gasteiger partial charge in [-0.05, 0) is 31.5 Å². The molecule has 1 aliphatic heterocycles. The average Bonchev–Trinajstić information content (AvgIpc) is 3.43. The maximum Gasteiger partial charge on any atom is 0.224 e. The Bertz CT molecular complexity index is 950. The second kappa shape index (κ2) is 10.1. The van der Waals surface area contributed by atoms with Gasteiger partial charge >= 0.3 is 0 Å². The fraction of sp³-hybridized carbons (Fsp3) is 0.435. The lowest BCUT2D eigenvalue weighted by Crippen LogP contribution is -2.48. The zero-order valence-corrected chi connectivity index (χ0v) is 18.8. The van der Waals surface area contributed by atoms with Gasteiger partial charge in [-0.1, -0.05) is 30.3 Å². The summed E-state index contributed by atoms with van der Waals surface area (Å²) in [5.41, 5.74) is 1.18. The molecule has 7 nitrogen and oxygen atoms in total. The molecule has 0 bridgehead atoms. The smallest absolute Gasteiger partial charge is 0.224 e. The van der Waals surface area contributed by atoms with Crippen LogP contribution in [0.3, 0.4) is 0 Å². The zero-order chi connectivity index (χ0) is 21.6. The molecule has 1 fully saturated rings. The van der Waals surface area contributed by atoms with E-state index in [2.05, 4.69) is 21.4 Å². The summed E-state index contributed by atoms with van der Waals surface area (Å²) in [5, 5.41) is 0.804. The molecule has 1 amide bonds. The van der Waals surface area contributed by atoms with E-state index in [-0.39, 0.29) is 18.1 Å². The van der Waals surface area contributed by atoms with Crippen LogP contribution in [0.4, 0.5) is 5.13 Å². The van der Waals surface area contributed by atoms with Crippen LogP contribution in [0, 0.1) is 0 Å². The predicted molar refractivity (Wildman–Crippen MR) is 120 cm³/mol. The number of morpholine rings is 1. The minimum absolute atomic E-state index is 0.0654. The minimum atomic E-state index is 0.0654. The molecule has 0 saturated carbocycles. The molecule has 164 valence electrons. The molecule has 31 heavy (non-hydrogen) atoms. The summed E-state index contributed by atoms with van der Waals surface area (Å²) in [4.78, 5) is 21.6. The highest BCUT2D eigenvalue weighted by atomic mass is 32.1. The highest BCUT2D eigenvalue weighted by molar-refractivity contribution is 7.09. The first-order chi connectivity index (χ1) is 15.1. The highest BCUT2D eigenvalue weighted by Crippen LogP contribution is 2.22. The molecule has 0 radical (unpaired) electrons. The first-order valence-corrected chi connectivity index (χ1v) is 11.4. The van der Waals surface area contributed by atoms with E-state index in [1.165, 1.54) is 17.1 Å². The highest BCUT2D eigenvalue weighted by Gasteiger charge is 2.26. The van der Waals surface area contributed by atoms with Crippen LogP contribution < -0.4 is 4.90 Å². The molecule has 0 N–H and O–H groups in total. The Morgan fingerprint density at radius 2 is 1.94 bits per heavy atom. The van der Waals surface area contributed by atoms with Crippen molar-refractivity contribution in [2.45, 2.75) is 45.4 Å². The number of amides is 1. The summed E-state index contributed by atoms with van der Waals surface area (Å²) < 4.78 is 15.8. The molecule has 2 unspecified atom stereocenters. The van der Waals surface area contributed by atoms with Gasteiger partial charge in [-0.3, -0.25) is 4.79 Å². The Morgan fingerprint density at radius 3 is 2.65 bits per heavy atom. The number of rotatable bonds is 8. The van der Waals surface area contributed by atoms with E-state index in [4.69, 9.17) is 14.1 Å². The number of hydrogen-bond acceptors (Lipinski definition) is 7. The van der Waals surface area contributed by atoms with Gasteiger partial charge in [-0.15, -0.1) is 0 Å². The van der Waals surface area contributed by atoms with Gasteiger partial charge in [0.1, 0.15) is 11.6 Å². The standard InChI is InChI=1S/C23H28N4O3S/c1-17-14-27(15-18(2)30-17)22(28)10-11-26(16-20-9-6-12-29-20)23-24-21(25-31-23)13-19-7-4-3-5-8-19/h3-9,12,17-18H,10-11,13-16H2,1-2H3. The van der Waals surface area contributed by atoms with Crippen LogP contribution in [0.25, 0.3) is 0 Å². The molecule has 3 heterocycles.